The van der Waals surface area contributed by atoms with Crippen molar-refractivity contribution in [2.24, 2.45) is 11.8 Å². The van der Waals surface area contributed by atoms with Crippen molar-refractivity contribution in [1.82, 2.24) is 4.98 Å². The second-order valence-corrected chi connectivity index (χ2v) is 8.26. The van der Waals surface area contributed by atoms with Crippen LogP contribution in [0.15, 0.2) is 29.6 Å². The Morgan fingerprint density at radius 3 is 2.54 bits per heavy atom. The highest BCUT2D eigenvalue weighted by Gasteiger charge is 2.29. The van der Waals surface area contributed by atoms with Gasteiger partial charge in [-0.2, -0.15) is 0 Å². The van der Waals surface area contributed by atoms with E-state index in [4.69, 9.17) is 9.72 Å². The molecule has 1 amide bonds. The largest absolute Gasteiger partial charge is 0.497 e. The standard InChI is InChI=1S/C21H28N2O2S/c1-15(2)13-23(20(24)17-7-5-4-6-8-17)21-22-19(14-26-21)16-9-11-18(25-3)12-10-16/h9-12,14-15,17H,4-8,13H2,1-3H3. The predicted octanol–water partition coefficient (Wildman–Crippen LogP) is 5.39. The number of anilines is 1. The van der Waals surface area contributed by atoms with E-state index in [0.29, 0.717) is 5.92 Å². The molecular weight excluding hydrogens is 344 g/mol. The Labute approximate surface area is 160 Å². The van der Waals surface area contributed by atoms with Crippen LogP contribution in [0.5, 0.6) is 5.75 Å². The summed E-state index contributed by atoms with van der Waals surface area (Å²) in [7, 11) is 1.66. The zero-order valence-electron chi connectivity index (χ0n) is 15.9. The molecule has 0 spiro atoms. The number of aromatic nitrogens is 1. The van der Waals surface area contributed by atoms with Gasteiger partial charge in [-0.25, -0.2) is 4.98 Å². The van der Waals surface area contributed by atoms with Gasteiger partial charge in [0.2, 0.25) is 5.91 Å². The molecule has 3 rings (SSSR count). The molecule has 0 aliphatic heterocycles. The number of hydrogen-bond acceptors (Lipinski definition) is 4. The maximum absolute atomic E-state index is 13.1. The minimum atomic E-state index is 0.163. The lowest BCUT2D eigenvalue weighted by Gasteiger charge is -2.28. The number of carbonyl (C=O) groups excluding carboxylic acids is 1. The van der Waals surface area contributed by atoms with Crippen molar-refractivity contribution >= 4 is 22.4 Å². The maximum Gasteiger partial charge on any atom is 0.231 e. The first kappa shape index (κ1) is 18.9. The smallest absolute Gasteiger partial charge is 0.231 e. The highest BCUT2D eigenvalue weighted by atomic mass is 32.1. The Morgan fingerprint density at radius 2 is 1.92 bits per heavy atom. The third-order valence-electron chi connectivity index (χ3n) is 4.88. The molecule has 140 valence electrons. The average Bonchev–Trinajstić information content (AvgIpc) is 3.16. The fourth-order valence-corrected chi connectivity index (χ4v) is 4.33. The first-order valence-electron chi connectivity index (χ1n) is 9.50. The summed E-state index contributed by atoms with van der Waals surface area (Å²) in [5.74, 6) is 1.67. The summed E-state index contributed by atoms with van der Waals surface area (Å²) in [6.45, 7) is 5.03. The Morgan fingerprint density at radius 1 is 1.23 bits per heavy atom. The lowest BCUT2D eigenvalue weighted by Crippen LogP contribution is -2.39. The van der Waals surface area contributed by atoms with Gasteiger partial charge in [0, 0.05) is 23.4 Å². The van der Waals surface area contributed by atoms with E-state index in [1.54, 1.807) is 18.4 Å². The van der Waals surface area contributed by atoms with Crippen molar-refractivity contribution in [3.63, 3.8) is 0 Å². The van der Waals surface area contributed by atoms with E-state index in [9.17, 15) is 4.79 Å². The van der Waals surface area contributed by atoms with Crippen LogP contribution in [0, 0.1) is 11.8 Å². The molecule has 0 saturated heterocycles. The molecule has 1 heterocycles. The van der Waals surface area contributed by atoms with Crippen molar-refractivity contribution in [2.45, 2.75) is 46.0 Å². The molecule has 1 aromatic heterocycles. The number of carbonyl (C=O) groups is 1. The molecule has 0 bridgehead atoms. The quantitative estimate of drug-likeness (QED) is 0.683. The van der Waals surface area contributed by atoms with Gasteiger partial charge in [0.05, 0.1) is 12.8 Å². The molecule has 1 aliphatic carbocycles. The van der Waals surface area contributed by atoms with E-state index >= 15 is 0 Å². The van der Waals surface area contributed by atoms with Crippen LogP contribution in [0.25, 0.3) is 11.3 Å². The van der Waals surface area contributed by atoms with Crippen molar-refractivity contribution in [3.05, 3.63) is 29.6 Å². The number of rotatable bonds is 6. The van der Waals surface area contributed by atoms with E-state index in [0.717, 1.165) is 41.5 Å². The van der Waals surface area contributed by atoms with Gasteiger partial charge in [0.15, 0.2) is 5.13 Å². The lowest BCUT2D eigenvalue weighted by atomic mass is 9.88. The summed E-state index contributed by atoms with van der Waals surface area (Å²) < 4.78 is 5.22. The molecule has 0 N–H and O–H groups in total. The number of benzene rings is 1. The number of nitrogens with zero attached hydrogens (tertiary/aromatic N) is 2. The Bertz CT molecular complexity index is 718. The molecule has 4 nitrogen and oxygen atoms in total. The Kier molecular flexibility index (Phi) is 6.30. The summed E-state index contributed by atoms with van der Waals surface area (Å²) in [4.78, 5) is 19.9. The minimum Gasteiger partial charge on any atom is -0.497 e. The number of hydrogen-bond donors (Lipinski definition) is 0. The highest BCUT2D eigenvalue weighted by molar-refractivity contribution is 7.14. The summed E-state index contributed by atoms with van der Waals surface area (Å²) >= 11 is 1.56. The molecule has 1 saturated carbocycles. The van der Waals surface area contributed by atoms with Crippen molar-refractivity contribution in [3.8, 4) is 17.0 Å². The molecule has 1 fully saturated rings. The minimum absolute atomic E-state index is 0.163. The molecule has 5 heteroatoms. The molecule has 1 aromatic carbocycles. The van der Waals surface area contributed by atoms with Crippen LogP contribution in [-0.2, 0) is 4.79 Å². The maximum atomic E-state index is 13.1. The second-order valence-electron chi connectivity index (χ2n) is 7.42. The van der Waals surface area contributed by atoms with Gasteiger partial charge in [-0.1, -0.05) is 33.1 Å². The third-order valence-corrected chi connectivity index (χ3v) is 5.74. The van der Waals surface area contributed by atoms with Gasteiger partial charge < -0.3 is 4.74 Å². The summed E-state index contributed by atoms with van der Waals surface area (Å²) in [5.41, 5.74) is 1.96. The normalized spacial score (nSPS) is 15.2. The van der Waals surface area contributed by atoms with Crippen LogP contribution in [0.1, 0.15) is 46.0 Å². The van der Waals surface area contributed by atoms with Crippen LogP contribution in [0.2, 0.25) is 0 Å². The fourth-order valence-electron chi connectivity index (χ4n) is 3.48. The lowest BCUT2D eigenvalue weighted by molar-refractivity contribution is -0.123. The van der Waals surface area contributed by atoms with E-state index in [1.165, 1.54) is 19.3 Å². The zero-order chi connectivity index (χ0) is 18.5. The molecule has 1 aliphatic rings. The number of amides is 1. The topological polar surface area (TPSA) is 42.4 Å². The summed E-state index contributed by atoms with van der Waals surface area (Å²) in [6, 6.07) is 7.89. The van der Waals surface area contributed by atoms with Gasteiger partial charge in [0.1, 0.15) is 5.75 Å². The monoisotopic (exact) mass is 372 g/mol. The van der Waals surface area contributed by atoms with E-state index in [2.05, 4.69) is 13.8 Å². The average molecular weight is 373 g/mol. The number of methoxy groups -OCH3 is 1. The SMILES string of the molecule is COc1ccc(-c2csc(N(CC(C)C)C(=O)C3CCCCC3)n2)cc1. The third kappa shape index (κ3) is 4.44. The van der Waals surface area contributed by atoms with Crippen LogP contribution in [-0.4, -0.2) is 24.5 Å². The number of thiazole rings is 1. The van der Waals surface area contributed by atoms with E-state index in [1.807, 2.05) is 34.5 Å². The highest BCUT2D eigenvalue weighted by Crippen LogP contribution is 2.32. The zero-order valence-corrected chi connectivity index (χ0v) is 16.7. The predicted molar refractivity (Wildman–Crippen MR) is 108 cm³/mol. The van der Waals surface area contributed by atoms with Crippen LogP contribution in [0.4, 0.5) is 5.13 Å². The van der Waals surface area contributed by atoms with Crippen LogP contribution in [0.3, 0.4) is 0 Å². The van der Waals surface area contributed by atoms with Crippen molar-refractivity contribution < 1.29 is 9.53 Å². The first-order valence-corrected chi connectivity index (χ1v) is 10.4. The van der Waals surface area contributed by atoms with Crippen molar-refractivity contribution in [1.29, 1.82) is 0 Å². The van der Waals surface area contributed by atoms with Gasteiger partial charge in [-0.15, -0.1) is 11.3 Å². The van der Waals surface area contributed by atoms with Gasteiger partial charge in [0.25, 0.3) is 0 Å². The van der Waals surface area contributed by atoms with Gasteiger partial charge in [-0.3, -0.25) is 9.69 Å². The van der Waals surface area contributed by atoms with Crippen molar-refractivity contribution in [2.75, 3.05) is 18.6 Å². The van der Waals surface area contributed by atoms with E-state index in [-0.39, 0.29) is 11.8 Å². The number of ether oxygens (including phenoxy) is 1. The van der Waals surface area contributed by atoms with Gasteiger partial charge in [-0.05, 0) is 43.0 Å². The van der Waals surface area contributed by atoms with Crippen LogP contribution < -0.4 is 9.64 Å². The summed E-state index contributed by atoms with van der Waals surface area (Å²) in [5, 5.41) is 2.86. The van der Waals surface area contributed by atoms with Crippen LogP contribution >= 0.6 is 11.3 Å². The molecule has 2 aromatic rings. The molecular formula is C21H28N2O2S. The Hall–Kier alpha value is -1.88. The summed E-state index contributed by atoms with van der Waals surface area (Å²) in [6.07, 6.45) is 5.63. The first-order chi connectivity index (χ1) is 12.6. The van der Waals surface area contributed by atoms with E-state index < -0.39 is 0 Å². The Balaban J connectivity index is 1.82. The molecule has 0 radical (unpaired) electrons. The fraction of sp³-hybridized carbons (Fsp3) is 0.524. The molecule has 0 atom stereocenters. The van der Waals surface area contributed by atoms with Gasteiger partial charge >= 0.3 is 0 Å². The second kappa shape index (κ2) is 8.67. The molecule has 0 unspecified atom stereocenters. The molecule has 26 heavy (non-hydrogen) atoms.